The standard InChI is InChI=1S/C8H10/c1-7-5-3-4-6-8(7)2/h3-6H,1-2H3/i1D. The number of benzene rings is 1. The fourth-order valence-corrected chi connectivity index (χ4v) is 0.610. The van der Waals surface area contributed by atoms with Gasteiger partial charge in [-0.2, -0.15) is 0 Å². The van der Waals surface area contributed by atoms with Gasteiger partial charge in [0.25, 0.3) is 0 Å². The van der Waals surface area contributed by atoms with Crippen LogP contribution < -0.4 is 0 Å². The number of rotatable bonds is 0. The molecular formula is C8H10. The van der Waals surface area contributed by atoms with Gasteiger partial charge in [-0.15, -0.1) is 0 Å². The molecule has 0 aliphatic heterocycles. The molecule has 0 radical (unpaired) electrons. The summed E-state index contributed by atoms with van der Waals surface area (Å²) in [6, 6.07) is 7.98. The van der Waals surface area contributed by atoms with Crippen LogP contribution in [0.15, 0.2) is 24.3 Å². The van der Waals surface area contributed by atoms with Gasteiger partial charge in [-0.25, -0.2) is 0 Å². The Morgan fingerprint density at radius 1 is 1.25 bits per heavy atom. The zero-order valence-electron chi connectivity index (χ0n) is 6.02. The van der Waals surface area contributed by atoms with Crippen LogP contribution in [0.2, 0.25) is 0 Å². The molecule has 0 unspecified atom stereocenters. The lowest BCUT2D eigenvalue weighted by molar-refractivity contribution is 1.34. The van der Waals surface area contributed by atoms with Crippen LogP contribution in [0.5, 0.6) is 0 Å². The zero-order chi connectivity index (χ0) is 6.69. The fourth-order valence-electron chi connectivity index (χ4n) is 0.610. The molecule has 1 aromatic rings. The van der Waals surface area contributed by atoms with Crippen LogP contribution in [0.1, 0.15) is 12.5 Å². The highest BCUT2D eigenvalue weighted by molar-refractivity contribution is 5.23. The molecule has 0 heterocycles. The zero-order valence-corrected chi connectivity index (χ0v) is 5.02. The van der Waals surface area contributed by atoms with Crippen molar-refractivity contribution >= 4 is 0 Å². The normalized spacial score (nSPS) is 10.9. The van der Waals surface area contributed by atoms with E-state index in [1.165, 1.54) is 5.56 Å². The number of hydrogen-bond acceptors (Lipinski definition) is 0. The molecule has 0 atom stereocenters. The average Bonchev–Trinajstić information content (AvgIpc) is 1.89. The van der Waals surface area contributed by atoms with Crippen molar-refractivity contribution in [2.75, 3.05) is 0 Å². The van der Waals surface area contributed by atoms with Crippen molar-refractivity contribution in [3.63, 3.8) is 0 Å². The Hall–Kier alpha value is -0.780. The maximum atomic E-state index is 7.08. The molecule has 0 amide bonds. The molecule has 1 rings (SSSR count). The predicted molar refractivity (Wildman–Crippen MR) is 35.9 cm³/mol. The summed E-state index contributed by atoms with van der Waals surface area (Å²) in [6.07, 6.45) is 0. The van der Waals surface area contributed by atoms with Gasteiger partial charge in [0.15, 0.2) is 0 Å². The van der Waals surface area contributed by atoms with Gasteiger partial charge in [-0.1, -0.05) is 24.3 Å². The summed E-state index contributed by atoms with van der Waals surface area (Å²) in [6.45, 7) is 2.43. The van der Waals surface area contributed by atoms with E-state index in [9.17, 15) is 0 Å². The molecule has 0 saturated heterocycles. The van der Waals surface area contributed by atoms with Gasteiger partial charge >= 0.3 is 0 Å². The molecule has 0 aliphatic rings. The van der Waals surface area contributed by atoms with E-state index in [0.717, 1.165) is 5.56 Å². The summed E-state index contributed by atoms with van der Waals surface area (Å²) in [5.41, 5.74) is 2.34. The quantitative estimate of drug-likeness (QED) is 0.477. The first-order valence-corrected chi connectivity index (χ1v) is 2.68. The molecule has 8 heavy (non-hydrogen) atoms. The summed E-state index contributed by atoms with van der Waals surface area (Å²) >= 11 is 0. The second-order valence-electron chi connectivity index (χ2n) is 1.93. The highest BCUT2D eigenvalue weighted by Crippen LogP contribution is 2.02. The first kappa shape index (κ1) is 4.13. The van der Waals surface area contributed by atoms with Crippen LogP contribution in [-0.2, 0) is 0 Å². The summed E-state index contributed by atoms with van der Waals surface area (Å²) in [7, 11) is 0. The van der Waals surface area contributed by atoms with Gasteiger partial charge in [0.05, 0.1) is 0 Å². The van der Waals surface area contributed by atoms with Crippen LogP contribution >= 0.6 is 0 Å². The lowest BCUT2D eigenvalue weighted by Gasteiger charge is -1.93. The van der Waals surface area contributed by atoms with Crippen LogP contribution in [0.3, 0.4) is 0 Å². The van der Waals surface area contributed by atoms with E-state index in [4.69, 9.17) is 1.37 Å². The molecule has 0 fully saturated rings. The van der Waals surface area contributed by atoms with Crippen molar-refractivity contribution in [2.24, 2.45) is 0 Å². The third-order valence-electron chi connectivity index (χ3n) is 1.26. The van der Waals surface area contributed by atoms with Gasteiger partial charge in [0, 0.05) is 1.37 Å². The third-order valence-corrected chi connectivity index (χ3v) is 1.26. The molecule has 0 heteroatoms. The van der Waals surface area contributed by atoms with Gasteiger partial charge in [-0.05, 0) is 25.0 Å². The second kappa shape index (κ2) is 1.99. The second-order valence-corrected chi connectivity index (χ2v) is 1.93. The number of aryl methyl sites for hydroxylation is 2. The van der Waals surface area contributed by atoms with Crippen LogP contribution in [-0.4, -0.2) is 0 Å². The lowest BCUT2D eigenvalue weighted by atomic mass is 10.1. The third kappa shape index (κ3) is 0.890. The highest BCUT2D eigenvalue weighted by Gasteiger charge is 1.83. The minimum atomic E-state index is 0.396. The van der Waals surface area contributed by atoms with Gasteiger partial charge in [0.1, 0.15) is 0 Å². The van der Waals surface area contributed by atoms with E-state index in [0.29, 0.717) is 6.90 Å². The van der Waals surface area contributed by atoms with Crippen molar-refractivity contribution < 1.29 is 1.37 Å². The van der Waals surface area contributed by atoms with E-state index < -0.39 is 0 Å². The van der Waals surface area contributed by atoms with Crippen LogP contribution in [0, 0.1) is 13.8 Å². The average molecular weight is 107 g/mol. The first-order chi connectivity index (χ1) is 4.34. The minimum Gasteiger partial charge on any atom is -0.0620 e. The molecule has 0 aliphatic carbocycles. The Labute approximate surface area is 51.6 Å². The van der Waals surface area contributed by atoms with Crippen LogP contribution in [0.4, 0.5) is 0 Å². The van der Waals surface area contributed by atoms with Crippen molar-refractivity contribution in [3.05, 3.63) is 35.4 Å². The van der Waals surface area contributed by atoms with Crippen molar-refractivity contribution in [3.8, 4) is 0 Å². The van der Waals surface area contributed by atoms with E-state index in [-0.39, 0.29) is 0 Å². The van der Waals surface area contributed by atoms with Crippen molar-refractivity contribution in [1.29, 1.82) is 0 Å². The molecule has 0 nitrogen and oxygen atoms in total. The summed E-state index contributed by atoms with van der Waals surface area (Å²) in [5, 5.41) is 0. The molecule has 0 aromatic heterocycles. The summed E-state index contributed by atoms with van der Waals surface area (Å²) in [4.78, 5) is 0. The van der Waals surface area contributed by atoms with Crippen LogP contribution in [0.25, 0.3) is 0 Å². The maximum Gasteiger partial charge on any atom is 0.0280 e. The maximum absolute atomic E-state index is 7.08. The molecule has 0 saturated carbocycles. The first-order valence-electron chi connectivity index (χ1n) is 3.39. The molecular weight excluding hydrogens is 96.1 g/mol. The Kier molecular flexibility index (Phi) is 1.03. The molecule has 0 N–H and O–H groups in total. The monoisotopic (exact) mass is 107 g/mol. The lowest BCUT2D eigenvalue weighted by Crippen LogP contribution is -1.74. The van der Waals surface area contributed by atoms with E-state index in [2.05, 4.69) is 0 Å². The Balaban J connectivity index is 3.01. The Bertz CT molecular complexity index is 194. The topological polar surface area (TPSA) is 0 Å². The largest absolute Gasteiger partial charge is 0.0620 e. The molecule has 42 valence electrons. The van der Waals surface area contributed by atoms with E-state index in [1.807, 2.05) is 31.2 Å². The Morgan fingerprint density at radius 3 is 2.25 bits per heavy atom. The Morgan fingerprint density at radius 2 is 1.88 bits per heavy atom. The molecule has 0 bridgehead atoms. The predicted octanol–water partition coefficient (Wildman–Crippen LogP) is 2.30. The van der Waals surface area contributed by atoms with Gasteiger partial charge < -0.3 is 0 Å². The SMILES string of the molecule is [2H]Cc1ccccc1C. The van der Waals surface area contributed by atoms with E-state index >= 15 is 0 Å². The van der Waals surface area contributed by atoms with E-state index in [1.54, 1.807) is 0 Å². The fraction of sp³-hybridized carbons (Fsp3) is 0.250. The molecule has 0 spiro atoms. The minimum absolute atomic E-state index is 0.396. The number of hydrogen-bond donors (Lipinski definition) is 0. The highest BCUT2D eigenvalue weighted by atomic mass is 13.9. The van der Waals surface area contributed by atoms with Gasteiger partial charge in [0.2, 0.25) is 0 Å². The smallest absolute Gasteiger partial charge is 0.0280 e. The summed E-state index contributed by atoms with van der Waals surface area (Å²) < 4.78 is 7.08. The van der Waals surface area contributed by atoms with Crippen molar-refractivity contribution in [1.82, 2.24) is 0 Å². The molecule has 1 aromatic carbocycles. The summed E-state index contributed by atoms with van der Waals surface area (Å²) in [5.74, 6) is 0. The van der Waals surface area contributed by atoms with Gasteiger partial charge in [-0.3, -0.25) is 0 Å². The van der Waals surface area contributed by atoms with Crippen molar-refractivity contribution in [2.45, 2.75) is 13.8 Å².